The molecule has 2 N–H and O–H groups in total. The lowest BCUT2D eigenvalue weighted by Gasteiger charge is -2.07. The molecule has 0 saturated heterocycles. The molecule has 2 rings (SSSR count). The van der Waals surface area contributed by atoms with Crippen molar-refractivity contribution in [3.8, 4) is 0 Å². The molecule has 0 amide bonds. The molecule has 0 aliphatic carbocycles. The smallest absolute Gasteiger partial charge is 0.267 e. The van der Waals surface area contributed by atoms with E-state index in [2.05, 4.69) is 20.1 Å². The summed E-state index contributed by atoms with van der Waals surface area (Å²) in [7, 11) is -1.83. The van der Waals surface area contributed by atoms with Gasteiger partial charge in [0.05, 0.1) is 23.6 Å². The molecule has 0 fully saturated rings. The number of aromatic nitrogens is 3. The van der Waals surface area contributed by atoms with Crippen LogP contribution in [-0.2, 0) is 16.6 Å². The zero-order valence-electron chi connectivity index (χ0n) is 12.5. The van der Waals surface area contributed by atoms with E-state index in [1.54, 1.807) is 23.9 Å². The molecule has 0 aromatic carbocycles. The van der Waals surface area contributed by atoms with Crippen molar-refractivity contribution < 1.29 is 8.42 Å². The standard InChI is InChI=1S/C12H19N5O2S2/c1-8-7-20-12(14-8)16-21(18,19)11-9(2)15-17(10(11)3)6-5-13-4/h7,13H,5-6H2,1-4H3,(H,14,16). The van der Waals surface area contributed by atoms with Crippen LogP contribution in [0, 0.1) is 20.8 Å². The van der Waals surface area contributed by atoms with Crippen molar-refractivity contribution in [2.24, 2.45) is 0 Å². The zero-order chi connectivity index (χ0) is 15.6. The van der Waals surface area contributed by atoms with Crippen LogP contribution >= 0.6 is 11.3 Å². The van der Waals surface area contributed by atoms with E-state index >= 15 is 0 Å². The first-order valence-electron chi connectivity index (χ1n) is 6.48. The monoisotopic (exact) mass is 329 g/mol. The summed E-state index contributed by atoms with van der Waals surface area (Å²) < 4.78 is 29.3. The number of aryl methyl sites for hydroxylation is 2. The number of anilines is 1. The van der Waals surface area contributed by atoms with Crippen LogP contribution in [0.4, 0.5) is 5.13 Å². The summed E-state index contributed by atoms with van der Waals surface area (Å²) in [6.07, 6.45) is 0. The fourth-order valence-electron chi connectivity index (χ4n) is 2.07. The number of hydrogen-bond donors (Lipinski definition) is 2. The molecule has 0 aliphatic rings. The highest BCUT2D eigenvalue weighted by molar-refractivity contribution is 7.93. The Morgan fingerprint density at radius 3 is 2.62 bits per heavy atom. The number of hydrogen-bond acceptors (Lipinski definition) is 6. The highest BCUT2D eigenvalue weighted by Gasteiger charge is 2.25. The van der Waals surface area contributed by atoms with Crippen molar-refractivity contribution >= 4 is 26.5 Å². The molecule has 0 radical (unpaired) electrons. The van der Waals surface area contributed by atoms with E-state index in [1.165, 1.54) is 11.3 Å². The van der Waals surface area contributed by atoms with Crippen molar-refractivity contribution in [3.63, 3.8) is 0 Å². The van der Waals surface area contributed by atoms with Crippen molar-refractivity contribution in [3.05, 3.63) is 22.5 Å². The molecule has 7 nitrogen and oxygen atoms in total. The number of rotatable bonds is 6. The molecular weight excluding hydrogens is 310 g/mol. The van der Waals surface area contributed by atoms with Crippen LogP contribution in [0.1, 0.15) is 17.1 Å². The average Bonchev–Trinajstić information content (AvgIpc) is 2.90. The first kappa shape index (κ1) is 15.9. The number of nitrogens with zero attached hydrogens (tertiary/aromatic N) is 3. The molecule has 21 heavy (non-hydrogen) atoms. The van der Waals surface area contributed by atoms with Gasteiger partial charge in [-0.3, -0.25) is 9.40 Å². The Morgan fingerprint density at radius 2 is 2.05 bits per heavy atom. The van der Waals surface area contributed by atoms with Crippen molar-refractivity contribution in [1.82, 2.24) is 20.1 Å². The molecule has 0 spiro atoms. The van der Waals surface area contributed by atoms with E-state index in [0.717, 1.165) is 12.2 Å². The molecule has 0 aliphatic heterocycles. The van der Waals surface area contributed by atoms with Gasteiger partial charge >= 0.3 is 0 Å². The third kappa shape index (κ3) is 3.42. The van der Waals surface area contributed by atoms with Gasteiger partial charge in [0.1, 0.15) is 4.90 Å². The van der Waals surface area contributed by atoms with Crippen LogP contribution < -0.4 is 10.0 Å². The predicted octanol–water partition coefficient (Wildman–Crippen LogP) is 1.29. The van der Waals surface area contributed by atoms with Crippen LogP contribution in [0.2, 0.25) is 0 Å². The van der Waals surface area contributed by atoms with Crippen LogP contribution in [0.3, 0.4) is 0 Å². The molecule has 9 heteroatoms. The Morgan fingerprint density at radius 1 is 1.33 bits per heavy atom. The fraction of sp³-hybridized carbons (Fsp3) is 0.500. The SMILES string of the molecule is CNCCn1nc(C)c(S(=O)(=O)Nc2nc(C)cs2)c1C. The van der Waals surface area contributed by atoms with Gasteiger partial charge in [-0.1, -0.05) is 0 Å². The molecule has 116 valence electrons. The minimum Gasteiger partial charge on any atom is -0.318 e. The first-order valence-corrected chi connectivity index (χ1v) is 8.85. The lowest BCUT2D eigenvalue weighted by molar-refractivity contribution is 0.566. The van der Waals surface area contributed by atoms with Crippen LogP contribution in [0.15, 0.2) is 10.3 Å². The Balaban J connectivity index is 2.33. The Kier molecular flexibility index (Phi) is 4.64. The maximum Gasteiger partial charge on any atom is 0.267 e. The van der Waals surface area contributed by atoms with Gasteiger partial charge in [-0.25, -0.2) is 13.4 Å². The van der Waals surface area contributed by atoms with E-state index < -0.39 is 10.0 Å². The molecule has 0 atom stereocenters. The van der Waals surface area contributed by atoms with E-state index in [9.17, 15) is 8.42 Å². The number of nitrogens with one attached hydrogen (secondary N) is 2. The van der Waals surface area contributed by atoms with Gasteiger partial charge in [0.25, 0.3) is 10.0 Å². The minimum absolute atomic E-state index is 0.228. The number of sulfonamides is 1. The van der Waals surface area contributed by atoms with Crippen LogP contribution in [0.25, 0.3) is 0 Å². The van der Waals surface area contributed by atoms with Gasteiger partial charge < -0.3 is 5.32 Å². The second-order valence-corrected chi connectivity index (χ2v) is 7.20. The lowest BCUT2D eigenvalue weighted by Crippen LogP contribution is -2.18. The third-order valence-corrected chi connectivity index (χ3v) is 5.59. The lowest BCUT2D eigenvalue weighted by atomic mass is 10.4. The largest absolute Gasteiger partial charge is 0.318 e. The van der Waals surface area contributed by atoms with E-state index in [4.69, 9.17) is 0 Å². The van der Waals surface area contributed by atoms with E-state index in [0.29, 0.717) is 23.1 Å². The minimum atomic E-state index is -3.67. The summed E-state index contributed by atoms with van der Waals surface area (Å²) in [5.74, 6) is 0. The molecule has 2 heterocycles. The normalized spacial score (nSPS) is 11.8. The quantitative estimate of drug-likeness (QED) is 0.833. The Bertz CT molecular complexity index is 733. The molecule has 2 aromatic rings. The topological polar surface area (TPSA) is 88.9 Å². The first-order chi connectivity index (χ1) is 9.85. The van der Waals surface area contributed by atoms with E-state index in [1.807, 2.05) is 14.0 Å². The maximum absolute atomic E-state index is 12.5. The molecule has 0 saturated carbocycles. The van der Waals surface area contributed by atoms with Gasteiger partial charge in [0.2, 0.25) is 0 Å². The summed E-state index contributed by atoms with van der Waals surface area (Å²) in [5, 5.41) is 9.49. The highest BCUT2D eigenvalue weighted by atomic mass is 32.2. The fourth-order valence-corrected chi connectivity index (χ4v) is 4.43. The summed E-state index contributed by atoms with van der Waals surface area (Å²) in [6.45, 7) is 6.62. The van der Waals surface area contributed by atoms with Gasteiger partial charge in [-0.05, 0) is 27.8 Å². The van der Waals surface area contributed by atoms with E-state index in [-0.39, 0.29) is 4.90 Å². The van der Waals surface area contributed by atoms with Crippen molar-refractivity contribution in [1.29, 1.82) is 0 Å². The molecule has 0 bridgehead atoms. The van der Waals surface area contributed by atoms with Crippen molar-refractivity contribution in [2.75, 3.05) is 18.3 Å². The van der Waals surface area contributed by atoms with Crippen LogP contribution in [-0.4, -0.2) is 36.8 Å². The number of likely N-dealkylation sites (N-methyl/N-ethyl adjacent to an activating group) is 1. The van der Waals surface area contributed by atoms with Gasteiger partial charge in [-0.2, -0.15) is 5.10 Å². The highest BCUT2D eigenvalue weighted by Crippen LogP contribution is 2.24. The van der Waals surface area contributed by atoms with Crippen molar-refractivity contribution in [2.45, 2.75) is 32.2 Å². The second kappa shape index (κ2) is 6.12. The third-order valence-electron chi connectivity index (χ3n) is 3.00. The number of thiazole rings is 1. The Hall–Kier alpha value is -1.45. The van der Waals surface area contributed by atoms with Gasteiger partial charge in [0, 0.05) is 11.9 Å². The Labute approximate surface area is 128 Å². The molecular formula is C12H19N5O2S2. The average molecular weight is 329 g/mol. The zero-order valence-corrected chi connectivity index (χ0v) is 14.1. The summed E-state index contributed by atoms with van der Waals surface area (Å²) >= 11 is 1.26. The second-order valence-electron chi connectivity index (χ2n) is 4.73. The van der Waals surface area contributed by atoms with Crippen LogP contribution in [0.5, 0.6) is 0 Å². The predicted molar refractivity (Wildman–Crippen MR) is 83.3 cm³/mol. The maximum atomic E-state index is 12.5. The van der Waals surface area contributed by atoms with Gasteiger partial charge in [0.15, 0.2) is 5.13 Å². The summed E-state index contributed by atoms with van der Waals surface area (Å²) in [4.78, 5) is 4.36. The summed E-state index contributed by atoms with van der Waals surface area (Å²) in [5.41, 5.74) is 1.91. The summed E-state index contributed by atoms with van der Waals surface area (Å²) in [6, 6.07) is 0. The van der Waals surface area contributed by atoms with Gasteiger partial charge in [-0.15, -0.1) is 11.3 Å². The molecule has 0 unspecified atom stereocenters. The molecule has 2 aromatic heterocycles.